The normalized spacial score (nSPS) is 17.6. The SMILES string of the molecule is COc1ccc(C(OC[C@H]2O[C@@H](n3cnc4c(NC(=O)c5ccccc5)ncnc43)CC2F)(c2ccccc2)c2ccc(OC)cc2)cc1. The topological polar surface area (TPSA) is 110 Å². The molecule has 3 heterocycles. The van der Waals surface area contributed by atoms with Crippen molar-refractivity contribution in [2.45, 2.75) is 30.5 Å². The van der Waals surface area contributed by atoms with Crippen LogP contribution in [0, 0.1) is 0 Å². The monoisotopic (exact) mass is 659 g/mol. The lowest BCUT2D eigenvalue weighted by Crippen LogP contribution is -2.37. The van der Waals surface area contributed by atoms with E-state index in [9.17, 15) is 4.79 Å². The summed E-state index contributed by atoms with van der Waals surface area (Å²) in [6.45, 7) is -0.0649. The van der Waals surface area contributed by atoms with E-state index in [-0.39, 0.29) is 24.8 Å². The number of nitrogens with one attached hydrogen (secondary N) is 1. The maximum Gasteiger partial charge on any atom is 0.256 e. The van der Waals surface area contributed by atoms with Gasteiger partial charge in [0.25, 0.3) is 5.91 Å². The van der Waals surface area contributed by atoms with Crippen LogP contribution in [0.25, 0.3) is 11.2 Å². The third-order valence-electron chi connectivity index (χ3n) is 8.74. The van der Waals surface area contributed by atoms with Crippen molar-refractivity contribution in [1.82, 2.24) is 19.5 Å². The average molecular weight is 660 g/mol. The van der Waals surface area contributed by atoms with Gasteiger partial charge in [-0.05, 0) is 53.1 Å². The van der Waals surface area contributed by atoms with Crippen molar-refractivity contribution in [2.75, 3.05) is 26.1 Å². The predicted molar refractivity (Wildman–Crippen MR) is 181 cm³/mol. The molecule has 1 aliphatic rings. The van der Waals surface area contributed by atoms with Gasteiger partial charge in [-0.1, -0.05) is 72.8 Å². The number of ether oxygens (including phenoxy) is 4. The molecule has 2 aromatic heterocycles. The van der Waals surface area contributed by atoms with Crippen LogP contribution in [0.4, 0.5) is 10.2 Å². The summed E-state index contributed by atoms with van der Waals surface area (Å²) in [5, 5.41) is 2.80. The number of rotatable bonds is 11. The Labute approximate surface area is 282 Å². The fraction of sp³-hybridized carbons (Fsp3) is 0.211. The number of halogens is 1. The second-order valence-electron chi connectivity index (χ2n) is 11.6. The number of methoxy groups -OCH3 is 2. The summed E-state index contributed by atoms with van der Waals surface area (Å²) in [5.41, 5.74) is 2.65. The Morgan fingerprint density at radius 2 is 1.43 bits per heavy atom. The van der Waals surface area contributed by atoms with Crippen molar-refractivity contribution in [3.8, 4) is 11.5 Å². The Hall–Kier alpha value is -5.65. The van der Waals surface area contributed by atoms with Crippen molar-refractivity contribution in [3.63, 3.8) is 0 Å². The summed E-state index contributed by atoms with van der Waals surface area (Å²) in [7, 11) is 3.23. The zero-order chi connectivity index (χ0) is 33.8. The molecule has 1 saturated heterocycles. The minimum atomic E-state index is -1.35. The molecule has 0 saturated carbocycles. The number of benzene rings is 4. The van der Waals surface area contributed by atoms with E-state index < -0.39 is 24.1 Å². The molecule has 1 fully saturated rings. The van der Waals surface area contributed by atoms with Crippen LogP contribution >= 0.6 is 0 Å². The largest absolute Gasteiger partial charge is 0.497 e. The molecule has 1 unspecified atom stereocenters. The number of carbonyl (C=O) groups excluding carboxylic acids is 1. The lowest BCUT2D eigenvalue weighted by atomic mass is 9.80. The van der Waals surface area contributed by atoms with Gasteiger partial charge in [0.05, 0.1) is 27.2 Å². The highest BCUT2D eigenvalue weighted by Gasteiger charge is 2.43. The average Bonchev–Trinajstić information content (AvgIpc) is 3.76. The first-order chi connectivity index (χ1) is 24.0. The summed E-state index contributed by atoms with van der Waals surface area (Å²) < 4.78 is 41.7. The third-order valence-corrected chi connectivity index (χ3v) is 8.74. The number of hydrogen-bond acceptors (Lipinski definition) is 8. The summed E-state index contributed by atoms with van der Waals surface area (Å²) in [6, 6.07) is 33.9. The standard InChI is InChI=1S/C38H34FN5O5/c1-46-29-17-13-27(14-18-29)38(26-11-7-4-8-12-26,28-15-19-30(47-2)20-16-28)48-22-32-31(39)21-33(49-32)44-24-42-34-35(40-23-41-36(34)44)43-37(45)25-9-5-3-6-10-25/h3-20,23-24,31-33H,21-22H2,1-2H3,(H,40,41,43,45)/t31?,32-,33-/m1/s1. The van der Waals surface area contributed by atoms with Gasteiger partial charge in [-0.25, -0.2) is 19.3 Å². The zero-order valence-corrected chi connectivity index (χ0v) is 26.9. The molecule has 7 rings (SSSR count). The van der Waals surface area contributed by atoms with Crippen LogP contribution in [-0.2, 0) is 15.1 Å². The molecule has 1 N–H and O–H groups in total. The van der Waals surface area contributed by atoms with E-state index in [4.69, 9.17) is 18.9 Å². The van der Waals surface area contributed by atoms with E-state index in [0.29, 0.717) is 28.2 Å². The predicted octanol–water partition coefficient (Wildman–Crippen LogP) is 6.73. The van der Waals surface area contributed by atoms with E-state index in [2.05, 4.69) is 20.3 Å². The maximum absolute atomic E-state index is 15.9. The third kappa shape index (κ3) is 6.21. The highest BCUT2D eigenvalue weighted by Crippen LogP contribution is 2.43. The van der Waals surface area contributed by atoms with Gasteiger partial charge in [0.2, 0.25) is 0 Å². The molecule has 1 aliphatic heterocycles. The van der Waals surface area contributed by atoms with E-state index >= 15 is 4.39 Å². The molecule has 10 nitrogen and oxygen atoms in total. The molecule has 0 radical (unpaired) electrons. The number of hydrogen-bond donors (Lipinski definition) is 1. The van der Waals surface area contributed by atoms with Gasteiger partial charge in [-0.3, -0.25) is 9.36 Å². The number of imidazole rings is 1. The van der Waals surface area contributed by atoms with Crippen molar-refractivity contribution in [2.24, 2.45) is 0 Å². The van der Waals surface area contributed by atoms with E-state index in [1.807, 2.05) is 84.9 Å². The number of fused-ring (bicyclic) bond motifs is 1. The van der Waals surface area contributed by atoms with Crippen LogP contribution in [0.3, 0.4) is 0 Å². The lowest BCUT2D eigenvalue weighted by molar-refractivity contribution is -0.0853. The molecule has 3 atom stereocenters. The second kappa shape index (κ2) is 13.8. The molecule has 0 spiro atoms. The van der Waals surface area contributed by atoms with E-state index in [0.717, 1.165) is 16.7 Å². The van der Waals surface area contributed by atoms with Crippen LogP contribution in [0.15, 0.2) is 122 Å². The molecule has 6 aromatic rings. The van der Waals surface area contributed by atoms with Gasteiger partial charge < -0.3 is 24.3 Å². The Bertz CT molecular complexity index is 1980. The molecule has 0 aliphatic carbocycles. The molecule has 11 heteroatoms. The molecular formula is C38H34FN5O5. The van der Waals surface area contributed by atoms with Gasteiger partial charge >= 0.3 is 0 Å². The fourth-order valence-corrected chi connectivity index (χ4v) is 6.21. The van der Waals surface area contributed by atoms with Crippen LogP contribution in [0.1, 0.15) is 39.7 Å². The van der Waals surface area contributed by atoms with Crippen molar-refractivity contribution < 1.29 is 28.1 Å². The van der Waals surface area contributed by atoms with Crippen LogP contribution in [0.5, 0.6) is 11.5 Å². The smallest absolute Gasteiger partial charge is 0.256 e. The van der Waals surface area contributed by atoms with Gasteiger partial charge in [0.15, 0.2) is 17.0 Å². The summed E-state index contributed by atoms with van der Waals surface area (Å²) >= 11 is 0. The van der Waals surface area contributed by atoms with Gasteiger partial charge in [-0.2, -0.15) is 0 Å². The first-order valence-corrected chi connectivity index (χ1v) is 15.8. The second-order valence-corrected chi connectivity index (χ2v) is 11.6. The van der Waals surface area contributed by atoms with Gasteiger partial charge in [0, 0.05) is 12.0 Å². The van der Waals surface area contributed by atoms with E-state index in [1.54, 1.807) is 43.1 Å². The number of amides is 1. The van der Waals surface area contributed by atoms with Crippen LogP contribution in [-0.4, -0.2) is 58.5 Å². The highest BCUT2D eigenvalue weighted by molar-refractivity contribution is 6.06. The Morgan fingerprint density at radius 3 is 2.04 bits per heavy atom. The molecule has 49 heavy (non-hydrogen) atoms. The number of nitrogens with zero attached hydrogens (tertiary/aromatic N) is 4. The lowest BCUT2D eigenvalue weighted by Gasteiger charge is -2.37. The highest BCUT2D eigenvalue weighted by atomic mass is 19.1. The quantitative estimate of drug-likeness (QED) is 0.153. The van der Waals surface area contributed by atoms with Crippen molar-refractivity contribution in [1.29, 1.82) is 0 Å². The Kier molecular flexibility index (Phi) is 9.01. The first kappa shape index (κ1) is 31.9. The number of aromatic nitrogens is 4. The first-order valence-electron chi connectivity index (χ1n) is 15.8. The molecule has 0 bridgehead atoms. The number of carbonyl (C=O) groups is 1. The number of anilines is 1. The van der Waals surface area contributed by atoms with Gasteiger partial charge in [-0.15, -0.1) is 0 Å². The maximum atomic E-state index is 15.9. The van der Waals surface area contributed by atoms with Gasteiger partial charge in [0.1, 0.15) is 41.9 Å². The fourth-order valence-electron chi connectivity index (χ4n) is 6.21. The van der Waals surface area contributed by atoms with Crippen LogP contribution in [0.2, 0.25) is 0 Å². The molecule has 4 aromatic carbocycles. The van der Waals surface area contributed by atoms with Crippen molar-refractivity contribution >= 4 is 22.9 Å². The minimum absolute atomic E-state index is 0.0542. The Morgan fingerprint density at radius 1 is 0.837 bits per heavy atom. The molecule has 1 amide bonds. The zero-order valence-electron chi connectivity index (χ0n) is 26.9. The summed E-state index contributed by atoms with van der Waals surface area (Å²) in [6.07, 6.45) is -0.0431. The summed E-state index contributed by atoms with van der Waals surface area (Å²) in [5.74, 6) is 1.32. The van der Waals surface area contributed by atoms with E-state index in [1.165, 1.54) is 12.7 Å². The van der Waals surface area contributed by atoms with Crippen LogP contribution < -0.4 is 14.8 Å². The Balaban J connectivity index is 1.18. The molecule has 248 valence electrons. The minimum Gasteiger partial charge on any atom is -0.497 e. The van der Waals surface area contributed by atoms with Crippen molar-refractivity contribution in [3.05, 3.63) is 144 Å². The number of alkyl halides is 1. The summed E-state index contributed by atoms with van der Waals surface area (Å²) in [4.78, 5) is 25.9. The molecular weight excluding hydrogens is 625 g/mol.